The molecule has 0 fully saturated rings. The number of aryl methyl sites for hydroxylation is 1. The van der Waals surface area contributed by atoms with Crippen molar-refractivity contribution in [1.29, 1.82) is 0 Å². The lowest BCUT2D eigenvalue weighted by Crippen LogP contribution is -2.18. The molecular weight excluding hydrogens is 258 g/mol. The summed E-state index contributed by atoms with van der Waals surface area (Å²) in [5.74, 6) is 1.63. The molecule has 0 aliphatic carbocycles. The highest BCUT2D eigenvalue weighted by atomic mass is 35.5. The van der Waals surface area contributed by atoms with Crippen LogP contribution >= 0.6 is 11.6 Å². The molecule has 0 spiro atoms. The summed E-state index contributed by atoms with van der Waals surface area (Å²) in [5, 5.41) is 0.701. The monoisotopic (exact) mass is 275 g/mol. The Kier molecular flexibility index (Phi) is 4.46. The van der Waals surface area contributed by atoms with Crippen LogP contribution in [0.3, 0.4) is 0 Å². The van der Waals surface area contributed by atoms with Gasteiger partial charge < -0.3 is 10.5 Å². The van der Waals surface area contributed by atoms with Gasteiger partial charge in [0.15, 0.2) is 0 Å². The fourth-order valence-corrected chi connectivity index (χ4v) is 2.08. The van der Waals surface area contributed by atoms with E-state index in [4.69, 9.17) is 22.1 Å². The molecule has 1 atom stereocenters. The second-order valence-electron chi connectivity index (χ2n) is 4.85. The van der Waals surface area contributed by atoms with Gasteiger partial charge in [0.1, 0.15) is 11.5 Å². The Morgan fingerprint density at radius 2 is 1.84 bits per heavy atom. The smallest absolute Gasteiger partial charge is 0.130 e. The van der Waals surface area contributed by atoms with Crippen molar-refractivity contribution in [3.8, 4) is 11.5 Å². The van der Waals surface area contributed by atoms with Gasteiger partial charge >= 0.3 is 0 Å². The molecule has 0 aromatic heterocycles. The fourth-order valence-electron chi connectivity index (χ4n) is 1.89. The number of benzene rings is 2. The van der Waals surface area contributed by atoms with Crippen LogP contribution in [0, 0.1) is 6.92 Å². The summed E-state index contributed by atoms with van der Waals surface area (Å²) in [4.78, 5) is 0. The molecule has 2 N–H and O–H groups in total. The normalized spacial score (nSPS) is 12.2. The number of halogens is 1. The van der Waals surface area contributed by atoms with E-state index in [1.54, 1.807) is 0 Å². The molecule has 0 heterocycles. The largest absolute Gasteiger partial charge is 0.457 e. The van der Waals surface area contributed by atoms with Crippen LogP contribution in [-0.4, -0.2) is 6.04 Å². The van der Waals surface area contributed by atoms with E-state index in [2.05, 4.69) is 0 Å². The molecule has 0 amide bonds. The van der Waals surface area contributed by atoms with Gasteiger partial charge in [-0.1, -0.05) is 29.3 Å². The maximum Gasteiger partial charge on any atom is 0.130 e. The summed E-state index contributed by atoms with van der Waals surface area (Å²) < 4.78 is 5.91. The van der Waals surface area contributed by atoms with Gasteiger partial charge in [0.25, 0.3) is 0 Å². The molecule has 0 saturated heterocycles. The Bertz CT molecular complexity index is 549. The highest BCUT2D eigenvalue weighted by molar-refractivity contribution is 6.30. The Morgan fingerprint density at radius 1 is 1.16 bits per heavy atom. The highest BCUT2D eigenvalue weighted by Crippen LogP contribution is 2.28. The molecule has 0 radical (unpaired) electrons. The molecule has 0 saturated carbocycles. The minimum atomic E-state index is 0.0684. The van der Waals surface area contributed by atoms with Gasteiger partial charge in [0, 0.05) is 11.1 Å². The highest BCUT2D eigenvalue weighted by Gasteiger charge is 2.08. The minimum Gasteiger partial charge on any atom is -0.457 e. The zero-order valence-corrected chi connectivity index (χ0v) is 11.9. The quantitative estimate of drug-likeness (QED) is 0.901. The van der Waals surface area contributed by atoms with Crippen molar-refractivity contribution in [2.75, 3.05) is 0 Å². The van der Waals surface area contributed by atoms with Crippen LogP contribution in [-0.2, 0) is 6.42 Å². The van der Waals surface area contributed by atoms with Crippen LogP contribution in [0.4, 0.5) is 0 Å². The molecule has 3 heteroatoms. The van der Waals surface area contributed by atoms with Gasteiger partial charge in [-0.15, -0.1) is 0 Å². The van der Waals surface area contributed by atoms with E-state index in [9.17, 15) is 0 Å². The zero-order valence-electron chi connectivity index (χ0n) is 11.2. The first-order valence-corrected chi connectivity index (χ1v) is 6.71. The van der Waals surface area contributed by atoms with Gasteiger partial charge in [-0.25, -0.2) is 0 Å². The van der Waals surface area contributed by atoms with Crippen molar-refractivity contribution in [1.82, 2.24) is 0 Å². The summed E-state index contributed by atoms with van der Waals surface area (Å²) in [6, 6.07) is 13.7. The van der Waals surface area contributed by atoms with Crippen LogP contribution in [0.2, 0.25) is 5.02 Å². The van der Waals surface area contributed by atoms with Gasteiger partial charge in [-0.05, 0) is 56.2 Å². The van der Waals surface area contributed by atoms with E-state index in [1.165, 1.54) is 5.56 Å². The molecule has 1 unspecified atom stereocenters. The van der Waals surface area contributed by atoms with E-state index in [0.29, 0.717) is 5.02 Å². The zero-order chi connectivity index (χ0) is 13.8. The summed E-state index contributed by atoms with van der Waals surface area (Å²) in [6.45, 7) is 4.02. The lowest BCUT2D eigenvalue weighted by Gasteiger charge is -2.13. The third-order valence-corrected chi connectivity index (χ3v) is 3.05. The maximum absolute atomic E-state index is 6.03. The Morgan fingerprint density at radius 3 is 2.47 bits per heavy atom. The van der Waals surface area contributed by atoms with Crippen molar-refractivity contribution in [3.63, 3.8) is 0 Å². The Hall–Kier alpha value is -1.51. The predicted molar refractivity (Wildman–Crippen MR) is 80.1 cm³/mol. The molecule has 100 valence electrons. The predicted octanol–water partition coefficient (Wildman–Crippen LogP) is 4.33. The van der Waals surface area contributed by atoms with Crippen molar-refractivity contribution in [2.45, 2.75) is 26.3 Å². The average Bonchev–Trinajstić information content (AvgIpc) is 2.34. The summed E-state index contributed by atoms with van der Waals surface area (Å²) >= 11 is 6.03. The van der Waals surface area contributed by atoms with Crippen molar-refractivity contribution >= 4 is 11.6 Å². The molecule has 0 bridgehead atoms. The average molecular weight is 276 g/mol. The van der Waals surface area contributed by atoms with E-state index < -0.39 is 0 Å². The number of hydrogen-bond acceptors (Lipinski definition) is 2. The Balaban J connectivity index is 2.26. The van der Waals surface area contributed by atoms with Crippen LogP contribution in [0.5, 0.6) is 11.5 Å². The van der Waals surface area contributed by atoms with E-state index in [-0.39, 0.29) is 6.04 Å². The maximum atomic E-state index is 6.03. The number of rotatable bonds is 4. The van der Waals surface area contributed by atoms with Gasteiger partial charge in [0.2, 0.25) is 0 Å². The first-order chi connectivity index (χ1) is 9.04. The molecular formula is C16H18ClNO. The van der Waals surface area contributed by atoms with Gasteiger partial charge in [-0.3, -0.25) is 0 Å². The fraction of sp³-hybridized carbons (Fsp3) is 0.250. The van der Waals surface area contributed by atoms with Crippen molar-refractivity contribution in [3.05, 3.63) is 58.6 Å². The SMILES string of the molecule is Cc1ccc(Oc2ccc(Cl)cc2CC(C)N)cc1. The summed E-state index contributed by atoms with van der Waals surface area (Å²) in [6.07, 6.45) is 0.738. The second kappa shape index (κ2) is 6.09. The molecule has 19 heavy (non-hydrogen) atoms. The Labute approximate surface area is 119 Å². The third-order valence-electron chi connectivity index (χ3n) is 2.81. The lowest BCUT2D eigenvalue weighted by atomic mass is 10.1. The molecule has 2 nitrogen and oxygen atoms in total. The first kappa shape index (κ1) is 13.9. The standard InChI is InChI=1S/C16H18ClNO/c1-11-3-6-15(7-4-11)19-16-8-5-14(17)10-13(16)9-12(2)18/h3-8,10,12H,9,18H2,1-2H3. The third kappa shape index (κ3) is 3.98. The molecule has 2 aromatic carbocycles. The van der Waals surface area contributed by atoms with E-state index in [0.717, 1.165) is 23.5 Å². The molecule has 2 aromatic rings. The summed E-state index contributed by atoms with van der Waals surface area (Å²) in [5.41, 5.74) is 8.10. The number of hydrogen-bond donors (Lipinski definition) is 1. The molecule has 0 aliphatic rings. The minimum absolute atomic E-state index is 0.0684. The second-order valence-corrected chi connectivity index (χ2v) is 5.29. The molecule has 0 aliphatic heterocycles. The van der Waals surface area contributed by atoms with Crippen LogP contribution in [0.15, 0.2) is 42.5 Å². The summed E-state index contributed by atoms with van der Waals surface area (Å²) in [7, 11) is 0. The number of nitrogens with two attached hydrogens (primary N) is 1. The molecule has 2 rings (SSSR count). The lowest BCUT2D eigenvalue weighted by molar-refractivity contribution is 0.473. The van der Waals surface area contributed by atoms with E-state index in [1.807, 2.05) is 56.3 Å². The van der Waals surface area contributed by atoms with Crippen LogP contribution in [0.1, 0.15) is 18.1 Å². The van der Waals surface area contributed by atoms with Crippen LogP contribution in [0.25, 0.3) is 0 Å². The number of ether oxygens (including phenoxy) is 1. The van der Waals surface area contributed by atoms with Crippen molar-refractivity contribution in [2.24, 2.45) is 5.73 Å². The first-order valence-electron chi connectivity index (χ1n) is 6.33. The van der Waals surface area contributed by atoms with Crippen molar-refractivity contribution < 1.29 is 4.74 Å². The van der Waals surface area contributed by atoms with Gasteiger partial charge in [-0.2, -0.15) is 0 Å². The van der Waals surface area contributed by atoms with E-state index >= 15 is 0 Å². The van der Waals surface area contributed by atoms with Crippen LogP contribution < -0.4 is 10.5 Å². The van der Waals surface area contributed by atoms with Gasteiger partial charge in [0.05, 0.1) is 0 Å². The topological polar surface area (TPSA) is 35.2 Å².